The SMILES string of the molecule is CC(C)(C)C(CCN)Nc1ccc(S(C)(=O)=O)cc1. The van der Waals surface area contributed by atoms with E-state index in [2.05, 4.69) is 26.1 Å². The van der Waals surface area contributed by atoms with Gasteiger partial charge in [0.15, 0.2) is 9.84 Å². The Hall–Kier alpha value is -1.07. The molecule has 1 rings (SSSR count). The first-order valence-electron chi connectivity index (χ1n) is 6.41. The van der Waals surface area contributed by atoms with E-state index in [1.54, 1.807) is 24.3 Å². The predicted molar refractivity (Wildman–Crippen MR) is 80.1 cm³/mol. The van der Waals surface area contributed by atoms with E-state index in [1.807, 2.05) is 0 Å². The average molecular weight is 284 g/mol. The number of nitrogens with two attached hydrogens (primary N) is 1. The fraction of sp³-hybridized carbons (Fsp3) is 0.571. The fourth-order valence-electron chi connectivity index (χ4n) is 1.89. The van der Waals surface area contributed by atoms with Gasteiger partial charge in [0.1, 0.15) is 0 Å². The molecule has 19 heavy (non-hydrogen) atoms. The van der Waals surface area contributed by atoms with Crippen LogP contribution in [0.3, 0.4) is 0 Å². The van der Waals surface area contributed by atoms with Crippen molar-refractivity contribution in [1.82, 2.24) is 0 Å². The van der Waals surface area contributed by atoms with Crippen molar-refractivity contribution in [3.8, 4) is 0 Å². The van der Waals surface area contributed by atoms with Crippen LogP contribution in [0.1, 0.15) is 27.2 Å². The van der Waals surface area contributed by atoms with E-state index in [9.17, 15) is 8.42 Å². The highest BCUT2D eigenvalue weighted by Gasteiger charge is 2.23. The van der Waals surface area contributed by atoms with Crippen molar-refractivity contribution in [3.05, 3.63) is 24.3 Å². The summed E-state index contributed by atoms with van der Waals surface area (Å²) in [5.74, 6) is 0. The summed E-state index contributed by atoms with van der Waals surface area (Å²) < 4.78 is 22.8. The number of hydrogen-bond donors (Lipinski definition) is 2. The molecule has 0 aromatic heterocycles. The molecule has 0 spiro atoms. The monoisotopic (exact) mass is 284 g/mol. The normalized spacial score (nSPS) is 14.2. The molecule has 1 aromatic rings. The molecule has 108 valence electrons. The van der Waals surface area contributed by atoms with Crippen molar-refractivity contribution in [2.75, 3.05) is 18.1 Å². The van der Waals surface area contributed by atoms with Crippen molar-refractivity contribution in [3.63, 3.8) is 0 Å². The van der Waals surface area contributed by atoms with Crippen LogP contribution in [0, 0.1) is 5.41 Å². The van der Waals surface area contributed by atoms with Crippen molar-refractivity contribution < 1.29 is 8.42 Å². The summed E-state index contributed by atoms with van der Waals surface area (Å²) in [5, 5.41) is 3.42. The molecule has 0 bridgehead atoms. The van der Waals surface area contributed by atoms with E-state index < -0.39 is 9.84 Å². The second-order valence-corrected chi connectivity index (χ2v) is 7.95. The maximum absolute atomic E-state index is 11.4. The summed E-state index contributed by atoms with van der Waals surface area (Å²) in [6.07, 6.45) is 2.08. The summed E-state index contributed by atoms with van der Waals surface area (Å²) in [6.45, 7) is 7.10. The highest BCUT2D eigenvalue weighted by molar-refractivity contribution is 7.90. The Morgan fingerprint density at radius 2 is 1.74 bits per heavy atom. The fourth-order valence-corrected chi connectivity index (χ4v) is 2.52. The highest BCUT2D eigenvalue weighted by Crippen LogP contribution is 2.25. The van der Waals surface area contributed by atoms with Gasteiger partial charge in [-0.15, -0.1) is 0 Å². The van der Waals surface area contributed by atoms with Gasteiger partial charge in [-0.25, -0.2) is 8.42 Å². The molecule has 0 saturated heterocycles. The zero-order valence-electron chi connectivity index (χ0n) is 12.1. The molecule has 0 aliphatic carbocycles. The third kappa shape index (κ3) is 4.84. The highest BCUT2D eigenvalue weighted by atomic mass is 32.2. The minimum atomic E-state index is -3.13. The average Bonchev–Trinajstić information content (AvgIpc) is 2.26. The van der Waals surface area contributed by atoms with E-state index in [1.165, 1.54) is 6.26 Å². The van der Waals surface area contributed by atoms with Crippen molar-refractivity contribution in [1.29, 1.82) is 0 Å². The van der Waals surface area contributed by atoms with Crippen molar-refractivity contribution >= 4 is 15.5 Å². The Labute approximate surface area is 116 Å². The van der Waals surface area contributed by atoms with Crippen LogP contribution in [-0.4, -0.2) is 27.3 Å². The summed E-state index contributed by atoms with van der Waals surface area (Å²) in [4.78, 5) is 0.337. The van der Waals surface area contributed by atoms with E-state index in [0.29, 0.717) is 11.4 Å². The van der Waals surface area contributed by atoms with Gasteiger partial charge >= 0.3 is 0 Å². The van der Waals surface area contributed by atoms with Crippen LogP contribution in [0.25, 0.3) is 0 Å². The zero-order valence-corrected chi connectivity index (χ0v) is 12.9. The quantitative estimate of drug-likeness (QED) is 0.870. The lowest BCUT2D eigenvalue weighted by Crippen LogP contribution is -2.35. The summed E-state index contributed by atoms with van der Waals surface area (Å²) in [6, 6.07) is 7.10. The Balaban J connectivity index is 2.87. The zero-order chi connectivity index (χ0) is 14.7. The topological polar surface area (TPSA) is 72.2 Å². The van der Waals surface area contributed by atoms with Crippen molar-refractivity contribution in [2.24, 2.45) is 11.1 Å². The van der Waals surface area contributed by atoms with E-state index in [0.717, 1.165) is 12.1 Å². The van der Waals surface area contributed by atoms with Crippen LogP contribution in [0.15, 0.2) is 29.2 Å². The number of rotatable bonds is 5. The van der Waals surface area contributed by atoms with Gasteiger partial charge in [-0.2, -0.15) is 0 Å². The van der Waals surface area contributed by atoms with Gasteiger partial charge in [0, 0.05) is 18.0 Å². The molecule has 0 amide bonds. The minimum absolute atomic E-state index is 0.0921. The number of benzene rings is 1. The van der Waals surface area contributed by atoms with Crippen LogP contribution in [-0.2, 0) is 9.84 Å². The van der Waals surface area contributed by atoms with Gasteiger partial charge in [-0.1, -0.05) is 20.8 Å². The lowest BCUT2D eigenvalue weighted by molar-refractivity contribution is 0.329. The molecule has 0 saturated carbocycles. The van der Waals surface area contributed by atoms with Crippen LogP contribution < -0.4 is 11.1 Å². The number of anilines is 1. The molecule has 5 heteroatoms. The number of nitrogens with one attached hydrogen (secondary N) is 1. The first-order chi connectivity index (χ1) is 8.64. The Morgan fingerprint density at radius 3 is 2.11 bits per heavy atom. The molecule has 1 aromatic carbocycles. The molecule has 0 aliphatic heterocycles. The van der Waals surface area contributed by atoms with E-state index >= 15 is 0 Å². The van der Waals surface area contributed by atoms with Crippen LogP contribution in [0.4, 0.5) is 5.69 Å². The molecule has 0 fully saturated rings. The summed E-state index contributed by atoms with van der Waals surface area (Å²) in [7, 11) is -3.13. The molecule has 4 nitrogen and oxygen atoms in total. The predicted octanol–water partition coefficient (Wildman–Crippen LogP) is 2.27. The Bertz CT molecular complexity index is 501. The van der Waals surface area contributed by atoms with Gasteiger partial charge < -0.3 is 11.1 Å². The second kappa shape index (κ2) is 5.92. The first-order valence-corrected chi connectivity index (χ1v) is 8.30. The molecule has 0 aliphatic rings. The largest absolute Gasteiger partial charge is 0.382 e. The first kappa shape index (κ1) is 16.0. The molecular formula is C14H24N2O2S. The molecule has 0 heterocycles. The van der Waals surface area contributed by atoms with Crippen LogP contribution >= 0.6 is 0 Å². The summed E-state index contributed by atoms with van der Waals surface area (Å²) in [5.41, 5.74) is 6.65. The van der Waals surface area contributed by atoms with Crippen LogP contribution in [0.5, 0.6) is 0 Å². The van der Waals surface area contributed by atoms with E-state index in [-0.39, 0.29) is 11.5 Å². The van der Waals surface area contributed by atoms with Gasteiger partial charge in [-0.05, 0) is 42.6 Å². The number of sulfone groups is 1. The smallest absolute Gasteiger partial charge is 0.175 e. The maximum Gasteiger partial charge on any atom is 0.175 e. The van der Waals surface area contributed by atoms with Gasteiger partial charge in [0.25, 0.3) is 0 Å². The standard InChI is InChI=1S/C14H24N2O2S/c1-14(2,3)13(9-10-15)16-11-5-7-12(8-6-11)19(4,17)18/h5-8,13,16H,9-10,15H2,1-4H3. The van der Waals surface area contributed by atoms with Crippen LogP contribution in [0.2, 0.25) is 0 Å². The van der Waals surface area contributed by atoms with Gasteiger partial charge in [0.2, 0.25) is 0 Å². The molecule has 1 atom stereocenters. The molecular weight excluding hydrogens is 260 g/mol. The maximum atomic E-state index is 11.4. The second-order valence-electron chi connectivity index (χ2n) is 5.94. The van der Waals surface area contributed by atoms with Gasteiger partial charge in [0.05, 0.1) is 4.90 Å². The van der Waals surface area contributed by atoms with E-state index in [4.69, 9.17) is 5.73 Å². The third-order valence-corrected chi connectivity index (χ3v) is 4.25. The number of hydrogen-bond acceptors (Lipinski definition) is 4. The third-order valence-electron chi connectivity index (χ3n) is 3.12. The van der Waals surface area contributed by atoms with Crippen molar-refractivity contribution in [2.45, 2.75) is 38.1 Å². The molecule has 1 unspecified atom stereocenters. The molecule has 0 radical (unpaired) electrons. The minimum Gasteiger partial charge on any atom is -0.382 e. The Kier molecular flexibility index (Phi) is 4.98. The Morgan fingerprint density at radius 1 is 1.21 bits per heavy atom. The lowest BCUT2D eigenvalue weighted by Gasteiger charge is -2.32. The molecule has 3 N–H and O–H groups in total. The van der Waals surface area contributed by atoms with Gasteiger partial charge in [-0.3, -0.25) is 0 Å². The lowest BCUT2D eigenvalue weighted by atomic mass is 9.84. The summed E-state index contributed by atoms with van der Waals surface area (Å²) >= 11 is 0.